The fourth-order valence-corrected chi connectivity index (χ4v) is 4.42. The fourth-order valence-electron chi connectivity index (χ4n) is 3.40. The number of ether oxygens (including phenoxy) is 2. The summed E-state index contributed by atoms with van der Waals surface area (Å²) in [6.07, 6.45) is 2.50. The molecule has 3 heterocycles. The molecule has 4 rings (SSSR count). The Balaban J connectivity index is 1.41. The Morgan fingerprint density at radius 1 is 1.16 bits per heavy atom. The molecule has 0 fully saturated rings. The van der Waals surface area contributed by atoms with Gasteiger partial charge in [-0.05, 0) is 29.8 Å². The minimum Gasteiger partial charge on any atom is -0.493 e. The van der Waals surface area contributed by atoms with Gasteiger partial charge in [-0.25, -0.2) is 4.98 Å². The Bertz CT molecular complexity index is 1100. The van der Waals surface area contributed by atoms with Crippen molar-refractivity contribution in [2.24, 2.45) is 0 Å². The monoisotopic (exact) mass is 438 g/mol. The molecule has 0 atom stereocenters. The van der Waals surface area contributed by atoms with E-state index in [-0.39, 0.29) is 18.2 Å². The van der Waals surface area contributed by atoms with E-state index in [1.54, 1.807) is 44.7 Å². The number of methoxy groups -OCH3 is 2. The van der Waals surface area contributed by atoms with E-state index in [1.165, 1.54) is 11.3 Å². The molecule has 0 radical (unpaired) electrons. The maximum absolute atomic E-state index is 12.9. The van der Waals surface area contributed by atoms with E-state index >= 15 is 0 Å². The molecule has 9 heteroatoms. The quantitative estimate of drug-likeness (QED) is 0.636. The van der Waals surface area contributed by atoms with Gasteiger partial charge in [-0.1, -0.05) is 23.5 Å². The number of hydrogen-bond acceptors (Lipinski definition) is 7. The lowest BCUT2D eigenvalue weighted by Crippen LogP contribution is -2.36. The molecule has 0 saturated heterocycles. The topological polar surface area (TPSA) is 93.7 Å². The van der Waals surface area contributed by atoms with Crippen LogP contribution >= 0.6 is 11.3 Å². The van der Waals surface area contributed by atoms with Crippen molar-refractivity contribution < 1.29 is 19.1 Å². The second kappa shape index (κ2) is 9.13. The molecule has 1 aliphatic rings. The first-order valence-corrected chi connectivity index (χ1v) is 10.6. The third kappa shape index (κ3) is 4.66. The minimum absolute atomic E-state index is 0.0327. The van der Waals surface area contributed by atoms with Crippen LogP contribution in [0.5, 0.6) is 11.5 Å². The molecular formula is C22H22N4O4S. The van der Waals surface area contributed by atoms with E-state index in [2.05, 4.69) is 15.3 Å². The van der Waals surface area contributed by atoms with E-state index < -0.39 is 0 Å². The number of benzene rings is 1. The van der Waals surface area contributed by atoms with Crippen LogP contribution < -0.4 is 14.8 Å². The molecule has 2 amide bonds. The van der Waals surface area contributed by atoms with Gasteiger partial charge in [0.15, 0.2) is 16.6 Å². The number of nitrogens with one attached hydrogen (secondary N) is 1. The molecular weight excluding hydrogens is 416 g/mol. The molecule has 0 aliphatic carbocycles. The number of nitrogens with zero attached hydrogens (tertiary/aromatic N) is 3. The summed E-state index contributed by atoms with van der Waals surface area (Å²) in [6.45, 7) is 1.08. The molecule has 1 N–H and O–H groups in total. The highest BCUT2D eigenvalue weighted by Gasteiger charge is 2.25. The Hall–Kier alpha value is -3.46. The standard InChI is InChI=1S/C22H22N4O4S/c1-29-17-7-6-14(11-18(17)30-2)12-20(27)26-10-8-15-19(13-26)31-22(24-15)25-21(28)16-5-3-4-9-23-16/h3-7,9,11H,8,10,12-13H2,1-2H3,(H,24,25,28). The predicted octanol–water partition coefficient (Wildman–Crippen LogP) is 2.94. The first kappa shape index (κ1) is 20.8. The van der Waals surface area contributed by atoms with E-state index in [0.717, 1.165) is 16.1 Å². The molecule has 0 spiro atoms. The second-order valence-electron chi connectivity index (χ2n) is 6.99. The zero-order chi connectivity index (χ0) is 21.8. The Morgan fingerprint density at radius 2 is 2.00 bits per heavy atom. The number of anilines is 1. The lowest BCUT2D eigenvalue weighted by Gasteiger charge is -2.26. The number of aromatic nitrogens is 2. The summed E-state index contributed by atoms with van der Waals surface area (Å²) < 4.78 is 10.6. The number of thiazole rings is 1. The van der Waals surface area contributed by atoms with Gasteiger partial charge in [0, 0.05) is 24.0 Å². The highest BCUT2D eigenvalue weighted by Crippen LogP contribution is 2.30. The number of fused-ring (bicyclic) bond motifs is 1. The summed E-state index contributed by atoms with van der Waals surface area (Å²) in [5.74, 6) is 0.967. The fraction of sp³-hybridized carbons (Fsp3) is 0.273. The SMILES string of the molecule is COc1ccc(CC(=O)N2CCc3nc(NC(=O)c4ccccn4)sc3C2)cc1OC. The molecule has 0 unspecified atom stereocenters. The normalized spacial score (nSPS) is 12.8. The molecule has 2 aromatic heterocycles. The molecule has 0 bridgehead atoms. The average molecular weight is 439 g/mol. The number of hydrogen-bond donors (Lipinski definition) is 1. The maximum atomic E-state index is 12.9. The van der Waals surface area contributed by atoms with Crippen LogP contribution in [0, 0.1) is 0 Å². The van der Waals surface area contributed by atoms with Crippen molar-refractivity contribution in [1.82, 2.24) is 14.9 Å². The average Bonchev–Trinajstić information content (AvgIpc) is 3.20. The number of carbonyl (C=O) groups excluding carboxylic acids is 2. The Labute approximate surface area is 183 Å². The predicted molar refractivity (Wildman–Crippen MR) is 117 cm³/mol. The summed E-state index contributed by atoms with van der Waals surface area (Å²) >= 11 is 1.40. The van der Waals surface area contributed by atoms with Crippen molar-refractivity contribution in [2.75, 3.05) is 26.1 Å². The van der Waals surface area contributed by atoms with Crippen molar-refractivity contribution in [1.29, 1.82) is 0 Å². The third-order valence-corrected chi connectivity index (χ3v) is 6.00. The molecule has 3 aromatic rings. The lowest BCUT2D eigenvalue weighted by atomic mass is 10.1. The van der Waals surface area contributed by atoms with Gasteiger partial charge < -0.3 is 14.4 Å². The molecule has 1 aliphatic heterocycles. The summed E-state index contributed by atoms with van der Waals surface area (Å²) in [4.78, 5) is 36.6. The van der Waals surface area contributed by atoms with Crippen LogP contribution in [0.25, 0.3) is 0 Å². The van der Waals surface area contributed by atoms with Crippen LogP contribution in [0.4, 0.5) is 5.13 Å². The summed E-state index contributed by atoms with van der Waals surface area (Å²) in [6, 6.07) is 10.7. The summed E-state index contributed by atoms with van der Waals surface area (Å²) in [5.41, 5.74) is 2.12. The van der Waals surface area contributed by atoms with Crippen LogP contribution in [0.1, 0.15) is 26.6 Å². The van der Waals surface area contributed by atoms with E-state index in [9.17, 15) is 9.59 Å². The Kier molecular flexibility index (Phi) is 6.13. The van der Waals surface area contributed by atoms with Crippen LogP contribution in [0.15, 0.2) is 42.6 Å². The zero-order valence-corrected chi connectivity index (χ0v) is 18.1. The molecule has 31 heavy (non-hydrogen) atoms. The van der Waals surface area contributed by atoms with E-state index in [4.69, 9.17) is 9.47 Å². The zero-order valence-electron chi connectivity index (χ0n) is 17.3. The van der Waals surface area contributed by atoms with Crippen molar-refractivity contribution in [3.05, 3.63) is 64.4 Å². The first-order valence-electron chi connectivity index (χ1n) is 9.77. The van der Waals surface area contributed by atoms with Crippen LogP contribution in [-0.2, 0) is 24.2 Å². The van der Waals surface area contributed by atoms with Gasteiger partial charge in [0.2, 0.25) is 5.91 Å². The molecule has 160 valence electrons. The first-order chi connectivity index (χ1) is 15.1. The van der Waals surface area contributed by atoms with Crippen LogP contribution in [0.2, 0.25) is 0 Å². The largest absolute Gasteiger partial charge is 0.493 e. The number of carbonyl (C=O) groups is 2. The maximum Gasteiger partial charge on any atom is 0.276 e. The number of rotatable bonds is 6. The van der Waals surface area contributed by atoms with Crippen molar-refractivity contribution in [3.63, 3.8) is 0 Å². The van der Waals surface area contributed by atoms with Crippen LogP contribution in [0.3, 0.4) is 0 Å². The van der Waals surface area contributed by atoms with Crippen molar-refractivity contribution in [2.45, 2.75) is 19.4 Å². The van der Waals surface area contributed by atoms with Gasteiger partial charge >= 0.3 is 0 Å². The lowest BCUT2D eigenvalue weighted by molar-refractivity contribution is -0.131. The third-order valence-electron chi connectivity index (χ3n) is 5.01. The van der Waals surface area contributed by atoms with Crippen molar-refractivity contribution >= 4 is 28.3 Å². The van der Waals surface area contributed by atoms with Gasteiger partial charge in [-0.3, -0.25) is 19.9 Å². The summed E-state index contributed by atoms with van der Waals surface area (Å²) in [5, 5.41) is 3.32. The number of amides is 2. The van der Waals surface area contributed by atoms with Gasteiger partial charge in [0.05, 0.1) is 32.9 Å². The van der Waals surface area contributed by atoms with Gasteiger partial charge in [-0.15, -0.1) is 0 Å². The second-order valence-corrected chi connectivity index (χ2v) is 8.07. The van der Waals surface area contributed by atoms with E-state index in [0.29, 0.717) is 41.8 Å². The van der Waals surface area contributed by atoms with Gasteiger partial charge in [0.25, 0.3) is 5.91 Å². The molecule has 8 nitrogen and oxygen atoms in total. The van der Waals surface area contributed by atoms with Gasteiger partial charge in [-0.2, -0.15) is 0 Å². The van der Waals surface area contributed by atoms with Crippen LogP contribution in [-0.4, -0.2) is 47.4 Å². The highest BCUT2D eigenvalue weighted by atomic mass is 32.1. The number of pyridine rings is 1. The van der Waals surface area contributed by atoms with E-state index in [1.807, 2.05) is 17.0 Å². The minimum atomic E-state index is -0.298. The molecule has 0 saturated carbocycles. The summed E-state index contributed by atoms with van der Waals surface area (Å²) in [7, 11) is 3.15. The Morgan fingerprint density at radius 3 is 2.74 bits per heavy atom. The van der Waals surface area contributed by atoms with Crippen molar-refractivity contribution in [3.8, 4) is 11.5 Å². The van der Waals surface area contributed by atoms with Gasteiger partial charge in [0.1, 0.15) is 5.69 Å². The molecule has 1 aromatic carbocycles. The highest BCUT2D eigenvalue weighted by molar-refractivity contribution is 7.15. The smallest absolute Gasteiger partial charge is 0.276 e.